The van der Waals surface area contributed by atoms with Crippen molar-refractivity contribution in [1.82, 2.24) is 5.32 Å². The summed E-state index contributed by atoms with van der Waals surface area (Å²) in [5, 5.41) is 2.69. The van der Waals surface area contributed by atoms with Crippen molar-refractivity contribution in [3.8, 4) is 11.5 Å². The van der Waals surface area contributed by atoms with Gasteiger partial charge in [0.1, 0.15) is 11.5 Å². The molecule has 0 aromatic heterocycles. The summed E-state index contributed by atoms with van der Waals surface area (Å²) in [6.45, 7) is -2.15. The lowest BCUT2D eigenvalue weighted by atomic mass is 10.1. The van der Waals surface area contributed by atoms with E-state index in [9.17, 15) is 18.4 Å². The van der Waals surface area contributed by atoms with Crippen molar-refractivity contribution >= 4 is 17.5 Å². The molecule has 6 nitrogen and oxygen atoms in total. The maximum absolute atomic E-state index is 12.4. The van der Waals surface area contributed by atoms with Crippen molar-refractivity contribution in [3.05, 3.63) is 54.1 Å². The zero-order valence-electron chi connectivity index (χ0n) is 15.8. The average Bonchev–Trinajstić information content (AvgIpc) is 3.13. The number of halogens is 2. The molecule has 1 saturated heterocycles. The van der Waals surface area contributed by atoms with Gasteiger partial charge >= 0.3 is 6.61 Å². The number of benzene rings is 2. The molecule has 0 aliphatic carbocycles. The van der Waals surface area contributed by atoms with Crippen molar-refractivity contribution in [2.24, 2.45) is 0 Å². The van der Waals surface area contributed by atoms with Gasteiger partial charge in [0.15, 0.2) is 6.61 Å². The SMILES string of the molecule is O=C(COc1cccc(N2CCCC2=O)c1)NCCc1ccccc1OC(F)F. The number of carbonyl (C=O) groups excluding carboxylic acids is 2. The second-order valence-corrected chi connectivity index (χ2v) is 6.52. The van der Waals surface area contributed by atoms with Crippen LogP contribution in [-0.2, 0) is 16.0 Å². The Morgan fingerprint density at radius 1 is 1.17 bits per heavy atom. The highest BCUT2D eigenvalue weighted by molar-refractivity contribution is 5.95. The Kier molecular flexibility index (Phi) is 6.99. The fourth-order valence-electron chi connectivity index (χ4n) is 3.12. The number of nitrogens with zero attached hydrogens (tertiary/aromatic N) is 1. The van der Waals surface area contributed by atoms with E-state index >= 15 is 0 Å². The molecule has 0 unspecified atom stereocenters. The molecule has 29 heavy (non-hydrogen) atoms. The highest BCUT2D eigenvalue weighted by Crippen LogP contribution is 2.25. The normalized spacial score (nSPS) is 13.6. The van der Waals surface area contributed by atoms with Gasteiger partial charge in [-0.25, -0.2) is 0 Å². The summed E-state index contributed by atoms with van der Waals surface area (Å²) >= 11 is 0. The highest BCUT2D eigenvalue weighted by atomic mass is 19.3. The summed E-state index contributed by atoms with van der Waals surface area (Å²) < 4.78 is 34.8. The van der Waals surface area contributed by atoms with E-state index in [2.05, 4.69) is 10.1 Å². The predicted octanol–water partition coefficient (Wildman–Crippen LogP) is 3.15. The number of ether oxygens (including phenoxy) is 2. The van der Waals surface area contributed by atoms with Crippen LogP contribution in [0.5, 0.6) is 11.5 Å². The van der Waals surface area contributed by atoms with Crippen LogP contribution in [0.1, 0.15) is 18.4 Å². The zero-order chi connectivity index (χ0) is 20.6. The van der Waals surface area contributed by atoms with E-state index in [0.29, 0.717) is 30.7 Å². The maximum atomic E-state index is 12.4. The molecule has 0 bridgehead atoms. The Morgan fingerprint density at radius 2 is 2.00 bits per heavy atom. The lowest BCUT2D eigenvalue weighted by molar-refractivity contribution is -0.123. The number of alkyl halides is 2. The van der Waals surface area contributed by atoms with Gasteiger partial charge in [0.2, 0.25) is 5.91 Å². The van der Waals surface area contributed by atoms with Gasteiger partial charge in [0, 0.05) is 31.3 Å². The molecule has 1 N–H and O–H groups in total. The molecule has 0 saturated carbocycles. The first kappa shape index (κ1) is 20.6. The molecule has 2 amide bonds. The standard InChI is InChI=1S/C21H22F2N2O4/c22-21(23)29-18-8-2-1-5-15(18)10-11-24-19(26)14-28-17-7-3-6-16(13-17)25-12-4-9-20(25)27/h1-3,5-8,13,21H,4,9-12,14H2,(H,24,26). The van der Waals surface area contributed by atoms with Gasteiger partial charge in [0.05, 0.1) is 0 Å². The van der Waals surface area contributed by atoms with Crippen LogP contribution in [0.3, 0.4) is 0 Å². The maximum Gasteiger partial charge on any atom is 0.387 e. The van der Waals surface area contributed by atoms with E-state index in [1.165, 1.54) is 6.07 Å². The van der Waals surface area contributed by atoms with E-state index in [4.69, 9.17) is 4.74 Å². The number of carbonyl (C=O) groups is 2. The molecule has 0 radical (unpaired) electrons. The molecule has 1 aliphatic heterocycles. The van der Waals surface area contributed by atoms with Gasteiger partial charge in [0.25, 0.3) is 5.91 Å². The monoisotopic (exact) mass is 404 g/mol. The minimum Gasteiger partial charge on any atom is -0.484 e. The average molecular weight is 404 g/mol. The third kappa shape index (κ3) is 5.91. The van der Waals surface area contributed by atoms with Gasteiger partial charge in [-0.2, -0.15) is 8.78 Å². The van der Waals surface area contributed by atoms with Crippen LogP contribution in [0.2, 0.25) is 0 Å². The highest BCUT2D eigenvalue weighted by Gasteiger charge is 2.21. The first-order valence-corrected chi connectivity index (χ1v) is 9.35. The number of anilines is 1. The van der Waals surface area contributed by atoms with Gasteiger partial charge in [-0.05, 0) is 36.6 Å². The second kappa shape index (κ2) is 9.86. The Morgan fingerprint density at radius 3 is 2.76 bits per heavy atom. The van der Waals surface area contributed by atoms with Crippen LogP contribution < -0.4 is 19.7 Å². The summed E-state index contributed by atoms with van der Waals surface area (Å²) in [6.07, 6.45) is 1.72. The van der Waals surface area contributed by atoms with E-state index in [-0.39, 0.29) is 30.7 Å². The number of hydrogen-bond acceptors (Lipinski definition) is 4. The molecule has 1 fully saturated rings. The molecular formula is C21H22F2N2O4. The first-order chi connectivity index (χ1) is 14.0. The Labute approximate surface area is 167 Å². The van der Waals surface area contributed by atoms with Crippen LogP contribution in [0.25, 0.3) is 0 Å². The van der Waals surface area contributed by atoms with Crippen molar-refractivity contribution in [2.45, 2.75) is 25.9 Å². The summed E-state index contributed by atoms with van der Waals surface area (Å²) in [6, 6.07) is 13.5. The van der Waals surface area contributed by atoms with E-state index in [0.717, 1.165) is 12.1 Å². The minimum absolute atomic E-state index is 0.0796. The number of amides is 2. The molecule has 0 spiro atoms. The fourth-order valence-corrected chi connectivity index (χ4v) is 3.12. The fraction of sp³-hybridized carbons (Fsp3) is 0.333. The third-order valence-corrected chi connectivity index (χ3v) is 4.48. The van der Waals surface area contributed by atoms with Crippen LogP contribution in [0.4, 0.5) is 14.5 Å². The number of rotatable bonds is 9. The topological polar surface area (TPSA) is 67.9 Å². The Hall–Kier alpha value is -3.16. The van der Waals surface area contributed by atoms with Crippen molar-refractivity contribution in [2.75, 3.05) is 24.6 Å². The summed E-state index contributed by atoms with van der Waals surface area (Å²) in [7, 11) is 0. The first-order valence-electron chi connectivity index (χ1n) is 9.35. The molecule has 3 rings (SSSR count). The number of nitrogens with one attached hydrogen (secondary N) is 1. The van der Waals surface area contributed by atoms with Crippen molar-refractivity contribution in [1.29, 1.82) is 0 Å². The van der Waals surface area contributed by atoms with Gasteiger partial charge in [-0.15, -0.1) is 0 Å². The van der Waals surface area contributed by atoms with Crippen LogP contribution in [0, 0.1) is 0 Å². The summed E-state index contributed by atoms with van der Waals surface area (Å²) in [5.41, 5.74) is 1.33. The van der Waals surface area contributed by atoms with E-state index in [1.54, 1.807) is 41.3 Å². The van der Waals surface area contributed by atoms with Gasteiger partial charge < -0.3 is 19.7 Å². The second-order valence-electron chi connectivity index (χ2n) is 6.52. The third-order valence-electron chi connectivity index (χ3n) is 4.48. The molecule has 8 heteroatoms. The molecule has 0 atom stereocenters. The van der Waals surface area contributed by atoms with Crippen molar-refractivity contribution in [3.63, 3.8) is 0 Å². The largest absolute Gasteiger partial charge is 0.484 e. The Bertz CT molecular complexity index is 860. The van der Waals surface area contributed by atoms with Crippen LogP contribution in [-0.4, -0.2) is 38.1 Å². The molecule has 1 aliphatic rings. The molecular weight excluding hydrogens is 382 g/mol. The Balaban J connectivity index is 1.46. The lowest BCUT2D eigenvalue weighted by Crippen LogP contribution is -2.30. The summed E-state index contributed by atoms with van der Waals surface area (Å²) in [4.78, 5) is 25.6. The predicted molar refractivity (Wildman–Crippen MR) is 103 cm³/mol. The summed E-state index contributed by atoms with van der Waals surface area (Å²) in [5.74, 6) is 0.338. The molecule has 2 aromatic rings. The molecule has 154 valence electrons. The smallest absolute Gasteiger partial charge is 0.387 e. The van der Waals surface area contributed by atoms with Crippen LogP contribution >= 0.6 is 0 Å². The van der Waals surface area contributed by atoms with E-state index in [1.807, 2.05) is 6.07 Å². The zero-order valence-corrected chi connectivity index (χ0v) is 15.8. The number of hydrogen-bond donors (Lipinski definition) is 1. The molecule has 2 aromatic carbocycles. The number of para-hydroxylation sites is 1. The van der Waals surface area contributed by atoms with Gasteiger partial charge in [-0.1, -0.05) is 24.3 Å². The van der Waals surface area contributed by atoms with Gasteiger partial charge in [-0.3, -0.25) is 9.59 Å². The van der Waals surface area contributed by atoms with Crippen molar-refractivity contribution < 1.29 is 27.8 Å². The van der Waals surface area contributed by atoms with Crippen LogP contribution in [0.15, 0.2) is 48.5 Å². The quantitative estimate of drug-likeness (QED) is 0.697. The van der Waals surface area contributed by atoms with E-state index < -0.39 is 6.61 Å². The molecule has 1 heterocycles. The lowest BCUT2D eigenvalue weighted by Gasteiger charge is -2.16. The minimum atomic E-state index is -2.90.